The molecule has 0 fully saturated rings. The molecule has 8 nitrogen and oxygen atoms in total. The van der Waals surface area contributed by atoms with E-state index in [9.17, 15) is 9.59 Å². The molecular formula is C21H18N4O4. The fraction of sp³-hybridized carbons (Fsp3) is 0.143. The van der Waals surface area contributed by atoms with Gasteiger partial charge in [-0.2, -0.15) is 5.10 Å². The van der Waals surface area contributed by atoms with Crippen LogP contribution in [0.2, 0.25) is 0 Å². The summed E-state index contributed by atoms with van der Waals surface area (Å²) in [6.45, 7) is 3.47. The summed E-state index contributed by atoms with van der Waals surface area (Å²) in [4.78, 5) is 28.3. The van der Waals surface area contributed by atoms with Gasteiger partial charge in [0.15, 0.2) is 34.7 Å². The fourth-order valence-electron chi connectivity index (χ4n) is 2.87. The Hall–Kier alpha value is -3.94. The highest BCUT2D eigenvalue weighted by Crippen LogP contribution is 2.25. The van der Waals surface area contributed by atoms with E-state index in [1.54, 1.807) is 36.0 Å². The van der Waals surface area contributed by atoms with Gasteiger partial charge in [-0.1, -0.05) is 30.3 Å². The van der Waals surface area contributed by atoms with Crippen LogP contribution in [0, 0.1) is 6.92 Å². The van der Waals surface area contributed by atoms with Crippen LogP contribution in [0.15, 0.2) is 63.6 Å². The molecule has 1 N–H and O–H groups in total. The maximum Gasteiger partial charge on any atom is 0.279 e. The maximum absolute atomic E-state index is 12.7. The number of oxazole rings is 1. The molecular weight excluding hydrogens is 372 g/mol. The number of rotatable bonds is 6. The highest BCUT2D eigenvalue weighted by atomic mass is 16.4. The average molecular weight is 390 g/mol. The molecule has 1 aromatic carbocycles. The molecule has 0 atom stereocenters. The Balaban J connectivity index is 1.49. The number of carbonyl (C=O) groups is 2. The molecule has 3 aromatic heterocycles. The van der Waals surface area contributed by atoms with Gasteiger partial charge in [0.1, 0.15) is 5.76 Å². The topological polar surface area (TPSA) is 103 Å². The number of Topliss-reactive ketones (excluding diaryl/α,β-unsaturated/α-hetero) is 1. The smallest absolute Gasteiger partial charge is 0.279 e. The average Bonchev–Trinajstić information content (AvgIpc) is 3.43. The third-order valence-corrected chi connectivity index (χ3v) is 4.19. The van der Waals surface area contributed by atoms with Crippen molar-refractivity contribution in [1.82, 2.24) is 14.8 Å². The second kappa shape index (κ2) is 7.59. The van der Waals surface area contributed by atoms with Crippen LogP contribution in [0.1, 0.15) is 39.6 Å². The van der Waals surface area contributed by atoms with E-state index in [-0.39, 0.29) is 11.5 Å². The molecule has 0 saturated heterocycles. The predicted molar refractivity (Wildman–Crippen MR) is 105 cm³/mol. The number of anilines is 1. The number of ketones is 1. The van der Waals surface area contributed by atoms with Crippen LogP contribution in [0.25, 0.3) is 11.3 Å². The lowest BCUT2D eigenvalue weighted by molar-refractivity contribution is 0.0983. The first kappa shape index (κ1) is 18.4. The molecule has 0 radical (unpaired) electrons. The van der Waals surface area contributed by atoms with Crippen molar-refractivity contribution in [3.8, 4) is 11.3 Å². The summed E-state index contributed by atoms with van der Waals surface area (Å²) in [5, 5.41) is 7.05. The SMILES string of the molecule is CC(=O)c1ccc(Cn2ccc(NC(=O)c3nc(C)oc3-c3ccccc3)n2)o1. The number of furan rings is 1. The van der Waals surface area contributed by atoms with Gasteiger partial charge in [0, 0.05) is 31.7 Å². The van der Waals surface area contributed by atoms with E-state index in [0.717, 1.165) is 5.56 Å². The summed E-state index contributed by atoms with van der Waals surface area (Å²) < 4.78 is 12.7. The second-order valence-corrected chi connectivity index (χ2v) is 6.45. The second-order valence-electron chi connectivity index (χ2n) is 6.45. The zero-order chi connectivity index (χ0) is 20.4. The van der Waals surface area contributed by atoms with E-state index < -0.39 is 5.91 Å². The Morgan fingerprint density at radius 3 is 2.59 bits per heavy atom. The van der Waals surface area contributed by atoms with Crippen LogP contribution in [0.5, 0.6) is 0 Å². The number of benzene rings is 1. The van der Waals surface area contributed by atoms with Crippen LogP contribution >= 0.6 is 0 Å². The molecule has 0 aliphatic heterocycles. The van der Waals surface area contributed by atoms with Crippen molar-refractivity contribution in [3.63, 3.8) is 0 Å². The molecule has 4 rings (SSSR count). The first-order valence-electron chi connectivity index (χ1n) is 8.97. The van der Waals surface area contributed by atoms with E-state index in [1.165, 1.54) is 6.92 Å². The van der Waals surface area contributed by atoms with Gasteiger partial charge in [-0.25, -0.2) is 4.98 Å². The predicted octanol–water partition coefficient (Wildman–Crippen LogP) is 3.94. The number of nitrogens with one attached hydrogen (secondary N) is 1. The van der Waals surface area contributed by atoms with Gasteiger partial charge in [-0.3, -0.25) is 14.3 Å². The summed E-state index contributed by atoms with van der Waals surface area (Å²) >= 11 is 0. The third kappa shape index (κ3) is 4.01. The lowest BCUT2D eigenvalue weighted by Gasteiger charge is -2.02. The van der Waals surface area contributed by atoms with Crippen molar-refractivity contribution in [2.45, 2.75) is 20.4 Å². The summed E-state index contributed by atoms with van der Waals surface area (Å²) in [5.41, 5.74) is 0.961. The lowest BCUT2D eigenvalue weighted by atomic mass is 10.1. The van der Waals surface area contributed by atoms with Crippen molar-refractivity contribution >= 4 is 17.5 Å². The molecule has 8 heteroatoms. The van der Waals surface area contributed by atoms with Gasteiger partial charge in [0.2, 0.25) is 0 Å². The largest absolute Gasteiger partial charge is 0.456 e. The molecule has 1 amide bonds. The van der Waals surface area contributed by atoms with Gasteiger partial charge in [-0.15, -0.1) is 0 Å². The summed E-state index contributed by atoms with van der Waals surface area (Å²) in [5.74, 6) is 1.52. The number of hydrogen-bond acceptors (Lipinski definition) is 6. The van der Waals surface area contributed by atoms with Crippen molar-refractivity contribution in [1.29, 1.82) is 0 Å². The van der Waals surface area contributed by atoms with Crippen LogP contribution in [0.3, 0.4) is 0 Å². The van der Waals surface area contributed by atoms with E-state index >= 15 is 0 Å². The molecule has 146 valence electrons. The van der Waals surface area contributed by atoms with Crippen molar-refractivity contribution in [3.05, 3.63) is 77.8 Å². The van der Waals surface area contributed by atoms with Gasteiger partial charge in [0.05, 0.1) is 6.54 Å². The normalized spacial score (nSPS) is 10.8. The molecule has 0 spiro atoms. The quantitative estimate of drug-likeness (QED) is 0.500. The molecule has 0 bridgehead atoms. The number of hydrogen-bond donors (Lipinski definition) is 1. The highest BCUT2D eigenvalue weighted by Gasteiger charge is 2.21. The van der Waals surface area contributed by atoms with E-state index in [2.05, 4.69) is 15.4 Å². The van der Waals surface area contributed by atoms with Crippen LogP contribution in [0.4, 0.5) is 5.82 Å². The summed E-state index contributed by atoms with van der Waals surface area (Å²) in [6.07, 6.45) is 1.71. The van der Waals surface area contributed by atoms with Crippen LogP contribution < -0.4 is 5.32 Å². The summed E-state index contributed by atoms with van der Waals surface area (Å²) in [7, 11) is 0. The minimum atomic E-state index is -0.414. The molecule has 29 heavy (non-hydrogen) atoms. The first-order chi connectivity index (χ1) is 14.0. The number of aromatic nitrogens is 3. The molecule has 3 heterocycles. The van der Waals surface area contributed by atoms with Gasteiger partial charge >= 0.3 is 0 Å². The standard InChI is InChI=1S/C21H18N4O4/c1-13(26)17-9-8-16(29-17)12-25-11-10-18(24-25)23-21(27)19-20(28-14(2)22-19)15-6-4-3-5-7-15/h3-11H,12H2,1-2H3,(H,23,24,27). The highest BCUT2D eigenvalue weighted by molar-refractivity contribution is 6.06. The fourth-order valence-corrected chi connectivity index (χ4v) is 2.87. The molecule has 0 saturated carbocycles. The molecule has 4 aromatic rings. The van der Waals surface area contributed by atoms with Crippen molar-refractivity contribution < 1.29 is 18.4 Å². The van der Waals surface area contributed by atoms with Gasteiger partial charge in [-0.05, 0) is 12.1 Å². The molecule has 0 aliphatic carbocycles. The number of aryl methyl sites for hydroxylation is 1. The van der Waals surface area contributed by atoms with Gasteiger partial charge < -0.3 is 14.2 Å². The van der Waals surface area contributed by atoms with E-state index in [4.69, 9.17) is 8.83 Å². The zero-order valence-electron chi connectivity index (χ0n) is 15.9. The Labute approximate surface area is 166 Å². The Bertz CT molecular complexity index is 1170. The van der Waals surface area contributed by atoms with Crippen LogP contribution in [-0.4, -0.2) is 26.5 Å². The minimum absolute atomic E-state index is 0.137. The number of amides is 1. The van der Waals surface area contributed by atoms with E-state index in [1.807, 2.05) is 30.3 Å². The monoisotopic (exact) mass is 390 g/mol. The Morgan fingerprint density at radius 2 is 1.86 bits per heavy atom. The molecule has 0 aliphatic rings. The summed E-state index contributed by atoms with van der Waals surface area (Å²) in [6, 6.07) is 14.3. The minimum Gasteiger partial charge on any atom is -0.456 e. The lowest BCUT2D eigenvalue weighted by Crippen LogP contribution is -2.14. The number of carbonyl (C=O) groups excluding carboxylic acids is 2. The third-order valence-electron chi connectivity index (χ3n) is 4.19. The van der Waals surface area contributed by atoms with Crippen molar-refractivity contribution in [2.75, 3.05) is 5.32 Å². The maximum atomic E-state index is 12.7. The Morgan fingerprint density at radius 1 is 1.07 bits per heavy atom. The van der Waals surface area contributed by atoms with E-state index in [0.29, 0.717) is 35.5 Å². The van der Waals surface area contributed by atoms with Crippen molar-refractivity contribution in [2.24, 2.45) is 0 Å². The Kier molecular flexibility index (Phi) is 4.82. The van der Waals surface area contributed by atoms with Gasteiger partial charge in [0.25, 0.3) is 5.91 Å². The molecule has 0 unspecified atom stereocenters. The zero-order valence-corrected chi connectivity index (χ0v) is 15.9. The first-order valence-corrected chi connectivity index (χ1v) is 8.97. The number of nitrogens with zero attached hydrogens (tertiary/aromatic N) is 3. The van der Waals surface area contributed by atoms with Crippen LogP contribution in [-0.2, 0) is 6.54 Å².